The number of aryl methyl sites for hydroxylation is 1. The van der Waals surface area contributed by atoms with Gasteiger partial charge in [-0.05, 0) is 43.2 Å². The molecule has 5 heteroatoms. The van der Waals surface area contributed by atoms with Crippen LogP contribution in [0.1, 0.15) is 11.1 Å². The van der Waals surface area contributed by atoms with Gasteiger partial charge in [-0.1, -0.05) is 24.3 Å². The predicted octanol–water partition coefficient (Wildman–Crippen LogP) is 2.63. The van der Waals surface area contributed by atoms with Gasteiger partial charge in [0.1, 0.15) is 5.75 Å². The number of nitrogens with one attached hydrogen (secondary N) is 1. The lowest BCUT2D eigenvalue weighted by Crippen LogP contribution is -2.20. The molecule has 0 aliphatic carbocycles. The van der Waals surface area contributed by atoms with Gasteiger partial charge in [0, 0.05) is 16.3 Å². The van der Waals surface area contributed by atoms with Gasteiger partial charge in [0.2, 0.25) is 5.91 Å². The first kappa shape index (κ1) is 15.3. The number of benzene rings is 2. The lowest BCUT2D eigenvalue weighted by molar-refractivity contribution is -0.113. The molecule has 0 spiro atoms. The van der Waals surface area contributed by atoms with E-state index in [2.05, 4.69) is 5.32 Å². The molecule has 2 aromatic carbocycles. The number of nitrogen functional groups attached to an aromatic ring is 1. The summed E-state index contributed by atoms with van der Waals surface area (Å²) in [6.07, 6.45) is 0. The first-order valence-electron chi connectivity index (χ1n) is 6.58. The number of hydrogen-bond acceptors (Lipinski definition) is 3. The molecule has 1 unspecified atom stereocenters. The average Bonchev–Trinajstić information content (AvgIpc) is 2.44. The minimum absolute atomic E-state index is 0.0703. The van der Waals surface area contributed by atoms with Gasteiger partial charge < -0.3 is 11.1 Å². The summed E-state index contributed by atoms with van der Waals surface area (Å²) in [6, 6.07) is 12.7. The Labute approximate surface area is 126 Å². The molecule has 4 nitrogen and oxygen atoms in total. The van der Waals surface area contributed by atoms with Crippen molar-refractivity contribution in [1.29, 1.82) is 0 Å². The van der Waals surface area contributed by atoms with E-state index >= 15 is 0 Å². The second-order valence-electron chi connectivity index (χ2n) is 4.82. The third-order valence-electron chi connectivity index (χ3n) is 3.25. The fraction of sp³-hybridized carbons (Fsp3) is 0.188. The molecule has 0 heterocycles. The molecule has 0 aromatic heterocycles. The fourth-order valence-corrected chi connectivity index (χ4v) is 3.11. The molecule has 0 saturated carbocycles. The van der Waals surface area contributed by atoms with Crippen molar-refractivity contribution in [3.63, 3.8) is 0 Å². The van der Waals surface area contributed by atoms with Crippen LogP contribution in [0.2, 0.25) is 0 Å². The standard InChI is InChI=1S/C16H18N2O2S/c1-11-6-3-4-9-15(11)21(20)10-16(19)18-14-8-5-7-13(17)12(14)2/h3-9H,10,17H2,1-2H3,(H,18,19). The maximum Gasteiger partial charge on any atom is 0.237 e. The van der Waals surface area contributed by atoms with Crippen LogP contribution in [0.4, 0.5) is 11.4 Å². The number of amides is 1. The van der Waals surface area contributed by atoms with Crippen molar-refractivity contribution in [3.8, 4) is 0 Å². The first-order valence-corrected chi connectivity index (χ1v) is 7.90. The van der Waals surface area contributed by atoms with Crippen molar-refractivity contribution in [3.05, 3.63) is 53.6 Å². The molecule has 0 radical (unpaired) electrons. The van der Waals surface area contributed by atoms with Gasteiger partial charge in [0.15, 0.2) is 0 Å². The lowest BCUT2D eigenvalue weighted by atomic mass is 10.1. The molecule has 0 aliphatic rings. The lowest BCUT2D eigenvalue weighted by Gasteiger charge is -2.10. The van der Waals surface area contributed by atoms with Gasteiger partial charge in [-0.3, -0.25) is 9.00 Å². The summed E-state index contributed by atoms with van der Waals surface area (Å²) < 4.78 is 12.2. The van der Waals surface area contributed by atoms with Crippen LogP contribution in [-0.4, -0.2) is 15.9 Å². The van der Waals surface area contributed by atoms with E-state index in [4.69, 9.17) is 5.73 Å². The molecular formula is C16H18N2O2S. The highest BCUT2D eigenvalue weighted by Gasteiger charge is 2.13. The highest BCUT2D eigenvalue weighted by molar-refractivity contribution is 7.85. The smallest absolute Gasteiger partial charge is 0.237 e. The van der Waals surface area contributed by atoms with Gasteiger partial charge >= 0.3 is 0 Å². The molecule has 21 heavy (non-hydrogen) atoms. The number of carbonyl (C=O) groups excluding carboxylic acids is 1. The molecule has 0 fully saturated rings. The van der Waals surface area contributed by atoms with Gasteiger partial charge in [-0.25, -0.2) is 0 Å². The minimum atomic E-state index is -1.35. The molecule has 2 aromatic rings. The van der Waals surface area contributed by atoms with Crippen LogP contribution in [0.25, 0.3) is 0 Å². The molecule has 0 saturated heterocycles. The van der Waals surface area contributed by atoms with E-state index < -0.39 is 10.8 Å². The SMILES string of the molecule is Cc1ccccc1S(=O)CC(=O)Nc1cccc(N)c1C. The zero-order valence-corrected chi connectivity index (χ0v) is 12.9. The zero-order valence-electron chi connectivity index (χ0n) is 12.1. The van der Waals surface area contributed by atoms with Crippen LogP contribution < -0.4 is 11.1 Å². The largest absolute Gasteiger partial charge is 0.398 e. The van der Waals surface area contributed by atoms with E-state index in [-0.39, 0.29) is 11.7 Å². The number of carbonyl (C=O) groups is 1. The third kappa shape index (κ3) is 3.70. The quantitative estimate of drug-likeness (QED) is 0.853. The number of anilines is 2. The topological polar surface area (TPSA) is 72.2 Å². The van der Waals surface area contributed by atoms with Gasteiger partial charge in [-0.2, -0.15) is 0 Å². The fourth-order valence-electron chi connectivity index (χ4n) is 1.98. The highest BCUT2D eigenvalue weighted by Crippen LogP contribution is 2.20. The molecule has 0 aliphatic heterocycles. The number of hydrogen-bond donors (Lipinski definition) is 2. The van der Waals surface area contributed by atoms with Crippen LogP contribution in [0.5, 0.6) is 0 Å². The van der Waals surface area contributed by atoms with Gasteiger partial charge in [-0.15, -0.1) is 0 Å². The normalized spacial score (nSPS) is 11.9. The van der Waals surface area contributed by atoms with Crippen molar-refractivity contribution >= 4 is 28.1 Å². The molecular weight excluding hydrogens is 284 g/mol. The summed E-state index contributed by atoms with van der Waals surface area (Å²) >= 11 is 0. The second kappa shape index (κ2) is 6.54. The number of nitrogens with two attached hydrogens (primary N) is 1. The molecule has 1 amide bonds. The van der Waals surface area contributed by atoms with Crippen molar-refractivity contribution < 1.29 is 9.00 Å². The van der Waals surface area contributed by atoms with Crippen LogP contribution in [0, 0.1) is 13.8 Å². The van der Waals surface area contributed by atoms with Gasteiger partial charge in [0.25, 0.3) is 0 Å². The molecule has 110 valence electrons. The van der Waals surface area contributed by atoms with E-state index in [9.17, 15) is 9.00 Å². The van der Waals surface area contributed by atoms with E-state index in [0.717, 1.165) is 11.1 Å². The maximum absolute atomic E-state index is 12.2. The minimum Gasteiger partial charge on any atom is -0.398 e. The van der Waals surface area contributed by atoms with Crippen molar-refractivity contribution in [2.45, 2.75) is 18.7 Å². The summed E-state index contributed by atoms with van der Waals surface area (Å²) in [7, 11) is -1.35. The predicted molar refractivity (Wildman–Crippen MR) is 86.7 cm³/mol. The summed E-state index contributed by atoms with van der Waals surface area (Å²) in [5.41, 5.74) is 8.80. The summed E-state index contributed by atoms with van der Waals surface area (Å²) in [4.78, 5) is 12.7. The van der Waals surface area contributed by atoms with E-state index in [1.54, 1.807) is 24.3 Å². The Balaban J connectivity index is 2.07. The summed E-state index contributed by atoms with van der Waals surface area (Å²) in [5, 5.41) is 2.76. The second-order valence-corrected chi connectivity index (χ2v) is 6.24. The van der Waals surface area contributed by atoms with E-state index in [1.165, 1.54) is 0 Å². The average molecular weight is 302 g/mol. The zero-order chi connectivity index (χ0) is 15.4. The molecule has 3 N–H and O–H groups in total. The maximum atomic E-state index is 12.2. The molecule has 2 rings (SSSR count). The van der Waals surface area contributed by atoms with E-state index in [0.29, 0.717) is 16.3 Å². The van der Waals surface area contributed by atoms with Crippen LogP contribution >= 0.6 is 0 Å². The highest BCUT2D eigenvalue weighted by atomic mass is 32.2. The van der Waals surface area contributed by atoms with Crippen molar-refractivity contribution in [2.75, 3.05) is 16.8 Å². The number of rotatable bonds is 4. The Kier molecular flexibility index (Phi) is 4.75. The van der Waals surface area contributed by atoms with Crippen LogP contribution in [-0.2, 0) is 15.6 Å². The van der Waals surface area contributed by atoms with Crippen LogP contribution in [0.15, 0.2) is 47.4 Å². The Morgan fingerprint density at radius 2 is 1.86 bits per heavy atom. The molecule has 1 atom stereocenters. The Morgan fingerprint density at radius 1 is 1.14 bits per heavy atom. The molecule has 0 bridgehead atoms. The third-order valence-corrected chi connectivity index (χ3v) is 4.72. The Morgan fingerprint density at radius 3 is 2.57 bits per heavy atom. The van der Waals surface area contributed by atoms with E-state index in [1.807, 2.05) is 32.0 Å². The first-order chi connectivity index (χ1) is 9.99. The van der Waals surface area contributed by atoms with Crippen molar-refractivity contribution in [1.82, 2.24) is 0 Å². The monoisotopic (exact) mass is 302 g/mol. The van der Waals surface area contributed by atoms with Crippen LogP contribution in [0.3, 0.4) is 0 Å². The Bertz CT molecular complexity index is 698. The summed E-state index contributed by atoms with van der Waals surface area (Å²) in [6.45, 7) is 3.72. The van der Waals surface area contributed by atoms with Crippen molar-refractivity contribution in [2.24, 2.45) is 0 Å². The Hall–Kier alpha value is -2.14. The van der Waals surface area contributed by atoms with Gasteiger partial charge in [0.05, 0.1) is 10.8 Å². The summed E-state index contributed by atoms with van der Waals surface area (Å²) in [5.74, 6) is -0.357.